The van der Waals surface area contributed by atoms with Gasteiger partial charge in [0, 0.05) is 22.9 Å². The van der Waals surface area contributed by atoms with Crippen LogP contribution in [0, 0.1) is 6.92 Å². The van der Waals surface area contributed by atoms with E-state index in [2.05, 4.69) is 25.1 Å². The summed E-state index contributed by atoms with van der Waals surface area (Å²) in [6, 6.07) is 14.1. The monoisotopic (exact) mass is 262 g/mol. The fraction of sp³-hybridized carbons (Fsp3) is 0.167. The van der Waals surface area contributed by atoms with E-state index in [4.69, 9.17) is 4.42 Å². The van der Waals surface area contributed by atoms with Crippen LogP contribution in [0.15, 0.2) is 46.9 Å². The van der Waals surface area contributed by atoms with Crippen LogP contribution in [0.5, 0.6) is 0 Å². The Morgan fingerprint density at radius 1 is 1.00 bits per heavy atom. The van der Waals surface area contributed by atoms with Crippen LogP contribution in [0.3, 0.4) is 0 Å². The molecule has 0 saturated carbocycles. The van der Waals surface area contributed by atoms with E-state index in [0.29, 0.717) is 6.42 Å². The number of aryl methyl sites for hydroxylation is 1. The lowest BCUT2D eigenvalue weighted by molar-refractivity contribution is 0.0994. The topological polar surface area (TPSA) is 30.2 Å². The summed E-state index contributed by atoms with van der Waals surface area (Å²) in [6.07, 6.45) is 1.44. The van der Waals surface area contributed by atoms with E-state index in [1.54, 1.807) is 0 Å². The zero-order chi connectivity index (χ0) is 13.7. The number of hydrogen-bond acceptors (Lipinski definition) is 2. The number of rotatable bonds is 1. The van der Waals surface area contributed by atoms with Gasteiger partial charge in [-0.05, 0) is 37.1 Å². The lowest BCUT2D eigenvalue weighted by atomic mass is 10.0. The summed E-state index contributed by atoms with van der Waals surface area (Å²) < 4.78 is 5.96. The molecule has 2 nitrogen and oxygen atoms in total. The van der Waals surface area contributed by atoms with Crippen LogP contribution in [0.4, 0.5) is 0 Å². The van der Waals surface area contributed by atoms with Gasteiger partial charge >= 0.3 is 0 Å². The van der Waals surface area contributed by atoms with Gasteiger partial charge in [0.2, 0.25) is 0 Å². The Balaban J connectivity index is 1.94. The first-order valence-electron chi connectivity index (χ1n) is 6.88. The third-order valence-electron chi connectivity index (χ3n) is 4.02. The molecule has 0 spiro atoms. The van der Waals surface area contributed by atoms with Crippen molar-refractivity contribution >= 4 is 16.8 Å². The van der Waals surface area contributed by atoms with Gasteiger partial charge in [-0.3, -0.25) is 4.79 Å². The summed E-state index contributed by atoms with van der Waals surface area (Å²) in [6.45, 7) is 2.07. The lowest BCUT2D eigenvalue weighted by Gasteiger charge is -2.04. The molecule has 0 fully saturated rings. The standard InChI is InChI=1S/C18H14O2/c1-11-5-8-17-12(9-11)10-18(20-17)15-4-2-3-14-13(15)6-7-16(14)19/h2-5,8-10H,6-7H2,1H3. The first-order valence-corrected chi connectivity index (χ1v) is 6.88. The van der Waals surface area contributed by atoms with Gasteiger partial charge in [-0.25, -0.2) is 0 Å². The Bertz CT molecular complexity index is 840. The highest BCUT2D eigenvalue weighted by molar-refractivity contribution is 6.02. The fourth-order valence-electron chi connectivity index (χ4n) is 3.02. The molecule has 0 unspecified atom stereocenters. The molecule has 1 heterocycles. The summed E-state index contributed by atoms with van der Waals surface area (Å²) in [7, 11) is 0. The zero-order valence-electron chi connectivity index (χ0n) is 11.3. The van der Waals surface area contributed by atoms with Gasteiger partial charge in [-0.1, -0.05) is 29.8 Å². The first kappa shape index (κ1) is 11.5. The number of Topliss-reactive ketones (excluding diaryl/α,β-unsaturated/α-hetero) is 1. The molecule has 0 atom stereocenters. The average Bonchev–Trinajstić information content (AvgIpc) is 3.02. The minimum atomic E-state index is 0.244. The summed E-state index contributed by atoms with van der Waals surface area (Å²) >= 11 is 0. The third kappa shape index (κ3) is 1.61. The second-order valence-electron chi connectivity index (χ2n) is 5.41. The highest BCUT2D eigenvalue weighted by Crippen LogP contribution is 2.35. The van der Waals surface area contributed by atoms with Crippen molar-refractivity contribution in [2.45, 2.75) is 19.8 Å². The molecule has 4 rings (SSSR count). The number of furan rings is 1. The molecule has 1 aliphatic rings. The molecule has 0 amide bonds. The maximum absolute atomic E-state index is 11.8. The van der Waals surface area contributed by atoms with Crippen LogP contribution in [0.2, 0.25) is 0 Å². The van der Waals surface area contributed by atoms with E-state index in [1.807, 2.05) is 24.3 Å². The van der Waals surface area contributed by atoms with Crippen LogP contribution in [-0.2, 0) is 6.42 Å². The Labute approximate surface area is 117 Å². The van der Waals surface area contributed by atoms with Crippen molar-refractivity contribution in [1.82, 2.24) is 0 Å². The molecule has 1 aromatic heterocycles. The van der Waals surface area contributed by atoms with E-state index in [0.717, 1.165) is 39.8 Å². The number of ketones is 1. The number of carbonyl (C=O) groups excluding carboxylic acids is 1. The van der Waals surface area contributed by atoms with E-state index >= 15 is 0 Å². The Kier molecular flexibility index (Phi) is 2.34. The zero-order valence-corrected chi connectivity index (χ0v) is 11.3. The van der Waals surface area contributed by atoms with Crippen molar-refractivity contribution < 1.29 is 9.21 Å². The third-order valence-corrected chi connectivity index (χ3v) is 4.02. The fourth-order valence-corrected chi connectivity index (χ4v) is 3.02. The van der Waals surface area contributed by atoms with Gasteiger partial charge in [0.1, 0.15) is 11.3 Å². The highest BCUT2D eigenvalue weighted by atomic mass is 16.3. The Morgan fingerprint density at radius 3 is 2.75 bits per heavy atom. The normalized spacial score (nSPS) is 13.9. The second kappa shape index (κ2) is 4.07. The van der Waals surface area contributed by atoms with Crippen molar-refractivity contribution in [1.29, 1.82) is 0 Å². The van der Waals surface area contributed by atoms with Crippen molar-refractivity contribution in [2.75, 3.05) is 0 Å². The van der Waals surface area contributed by atoms with Crippen molar-refractivity contribution in [3.8, 4) is 11.3 Å². The van der Waals surface area contributed by atoms with Gasteiger partial charge in [-0.15, -0.1) is 0 Å². The maximum atomic E-state index is 11.8. The van der Waals surface area contributed by atoms with Crippen molar-refractivity contribution in [3.05, 3.63) is 59.2 Å². The number of hydrogen-bond donors (Lipinski definition) is 0. The molecule has 2 aromatic carbocycles. The predicted octanol–water partition coefficient (Wildman–Crippen LogP) is 4.54. The summed E-state index contributed by atoms with van der Waals surface area (Å²) in [5.74, 6) is 1.10. The molecule has 0 N–H and O–H groups in total. The minimum Gasteiger partial charge on any atom is -0.456 e. The molecular formula is C18H14O2. The molecule has 0 saturated heterocycles. The Morgan fingerprint density at radius 2 is 1.85 bits per heavy atom. The lowest BCUT2D eigenvalue weighted by Crippen LogP contribution is -1.91. The quantitative estimate of drug-likeness (QED) is 0.644. The summed E-state index contributed by atoms with van der Waals surface area (Å²) in [5, 5.41) is 1.11. The molecule has 98 valence electrons. The molecule has 1 aliphatic carbocycles. The smallest absolute Gasteiger partial charge is 0.163 e. The molecule has 0 aliphatic heterocycles. The van der Waals surface area contributed by atoms with Crippen LogP contribution in [-0.4, -0.2) is 5.78 Å². The van der Waals surface area contributed by atoms with Gasteiger partial charge in [-0.2, -0.15) is 0 Å². The van der Waals surface area contributed by atoms with E-state index in [1.165, 1.54) is 5.56 Å². The molecule has 2 heteroatoms. The minimum absolute atomic E-state index is 0.244. The second-order valence-corrected chi connectivity index (χ2v) is 5.41. The van der Waals surface area contributed by atoms with Crippen molar-refractivity contribution in [2.24, 2.45) is 0 Å². The predicted molar refractivity (Wildman–Crippen MR) is 79.0 cm³/mol. The highest BCUT2D eigenvalue weighted by Gasteiger charge is 2.23. The van der Waals surface area contributed by atoms with Gasteiger partial charge < -0.3 is 4.42 Å². The van der Waals surface area contributed by atoms with Crippen LogP contribution in [0.25, 0.3) is 22.3 Å². The van der Waals surface area contributed by atoms with Crippen LogP contribution >= 0.6 is 0 Å². The number of fused-ring (bicyclic) bond motifs is 2. The number of carbonyl (C=O) groups is 1. The van der Waals surface area contributed by atoms with Crippen LogP contribution in [0.1, 0.15) is 27.9 Å². The SMILES string of the molecule is Cc1ccc2oc(-c3cccc4c3CCC4=O)cc2c1. The molecule has 20 heavy (non-hydrogen) atoms. The largest absolute Gasteiger partial charge is 0.456 e. The van der Waals surface area contributed by atoms with Gasteiger partial charge in [0.05, 0.1) is 0 Å². The van der Waals surface area contributed by atoms with E-state index < -0.39 is 0 Å². The molecular weight excluding hydrogens is 248 g/mol. The van der Waals surface area contributed by atoms with E-state index in [9.17, 15) is 4.79 Å². The van der Waals surface area contributed by atoms with E-state index in [-0.39, 0.29) is 5.78 Å². The van der Waals surface area contributed by atoms with Gasteiger partial charge in [0.25, 0.3) is 0 Å². The summed E-state index contributed by atoms with van der Waals surface area (Å²) in [4.78, 5) is 11.8. The van der Waals surface area contributed by atoms with Gasteiger partial charge in [0.15, 0.2) is 5.78 Å². The summed E-state index contributed by atoms with van der Waals surface area (Å²) in [5.41, 5.74) is 5.17. The molecule has 0 bridgehead atoms. The maximum Gasteiger partial charge on any atom is 0.163 e. The number of benzene rings is 2. The first-order chi connectivity index (χ1) is 9.72. The average molecular weight is 262 g/mol. The van der Waals surface area contributed by atoms with Crippen LogP contribution < -0.4 is 0 Å². The molecule has 0 radical (unpaired) electrons. The molecule has 3 aromatic rings. The van der Waals surface area contributed by atoms with Crippen molar-refractivity contribution in [3.63, 3.8) is 0 Å². The Hall–Kier alpha value is -2.35.